The third-order valence-corrected chi connectivity index (χ3v) is 6.36. The largest absolute Gasteiger partial charge is 0.369 e. The van der Waals surface area contributed by atoms with Crippen molar-refractivity contribution >= 4 is 45.2 Å². The normalized spacial score (nSPS) is 15.5. The smallest absolute Gasteiger partial charge is 0.163 e. The second-order valence-electron chi connectivity index (χ2n) is 6.61. The van der Waals surface area contributed by atoms with Crippen molar-refractivity contribution in [1.29, 1.82) is 0 Å². The minimum absolute atomic E-state index is 0.112. The summed E-state index contributed by atoms with van der Waals surface area (Å²) < 4.78 is 4.43. The second-order valence-corrected chi connectivity index (χ2v) is 8.29. The fourth-order valence-corrected chi connectivity index (χ4v) is 4.71. The standard InChI is InChI=1S/C20H21N3OS2/c1-15(24)16-6-8-17(9-7-16)22-12-10-21(11-13-22)14-23-18-4-2-3-5-19(18)26-20(23)25/h2-9H,10-14H2,1H3. The van der Waals surface area contributed by atoms with Gasteiger partial charge in [-0.15, -0.1) is 11.3 Å². The lowest BCUT2D eigenvalue weighted by atomic mass is 10.1. The number of para-hydroxylation sites is 1. The zero-order valence-electron chi connectivity index (χ0n) is 14.7. The molecule has 0 unspecified atom stereocenters. The van der Waals surface area contributed by atoms with E-state index in [2.05, 4.69) is 50.8 Å². The predicted molar refractivity (Wildman–Crippen MR) is 111 cm³/mol. The zero-order chi connectivity index (χ0) is 18.1. The molecule has 3 aromatic rings. The number of carbonyl (C=O) groups excluding carboxylic acids is 1. The van der Waals surface area contributed by atoms with Gasteiger partial charge in [0.2, 0.25) is 0 Å². The highest BCUT2D eigenvalue weighted by Crippen LogP contribution is 2.24. The van der Waals surface area contributed by atoms with Crippen LogP contribution in [-0.2, 0) is 6.67 Å². The summed E-state index contributed by atoms with van der Waals surface area (Å²) in [6, 6.07) is 16.4. The summed E-state index contributed by atoms with van der Waals surface area (Å²) in [6.07, 6.45) is 0. The fourth-order valence-electron chi connectivity index (χ4n) is 3.40. The van der Waals surface area contributed by atoms with Crippen LogP contribution in [-0.4, -0.2) is 41.4 Å². The number of anilines is 1. The molecule has 0 amide bonds. The van der Waals surface area contributed by atoms with Gasteiger partial charge in [-0.25, -0.2) is 0 Å². The van der Waals surface area contributed by atoms with Crippen molar-refractivity contribution in [2.45, 2.75) is 13.6 Å². The summed E-state index contributed by atoms with van der Waals surface area (Å²) in [7, 11) is 0. The number of ketones is 1. The maximum Gasteiger partial charge on any atom is 0.163 e. The molecule has 1 saturated heterocycles. The number of thiazole rings is 1. The Kier molecular flexibility index (Phi) is 4.89. The van der Waals surface area contributed by atoms with Crippen LogP contribution in [0.5, 0.6) is 0 Å². The molecule has 1 aliphatic heterocycles. The molecule has 2 aromatic carbocycles. The molecule has 0 bridgehead atoms. The number of piperazine rings is 1. The van der Waals surface area contributed by atoms with Gasteiger partial charge in [-0.05, 0) is 55.5 Å². The maximum absolute atomic E-state index is 11.4. The van der Waals surface area contributed by atoms with Gasteiger partial charge in [0.15, 0.2) is 9.74 Å². The van der Waals surface area contributed by atoms with E-state index in [-0.39, 0.29) is 5.78 Å². The fraction of sp³-hybridized carbons (Fsp3) is 0.300. The molecule has 1 aliphatic rings. The van der Waals surface area contributed by atoms with Crippen molar-refractivity contribution in [1.82, 2.24) is 9.47 Å². The average Bonchev–Trinajstić information content (AvgIpc) is 2.98. The molecular weight excluding hydrogens is 362 g/mol. The molecular formula is C20H21N3OS2. The lowest BCUT2D eigenvalue weighted by Crippen LogP contribution is -2.46. The van der Waals surface area contributed by atoms with Crippen LogP contribution < -0.4 is 4.90 Å². The number of rotatable bonds is 4. The highest BCUT2D eigenvalue weighted by molar-refractivity contribution is 7.73. The Hall–Kier alpha value is -2.02. The van der Waals surface area contributed by atoms with Crippen molar-refractivity contribution in [2.24, 2.45) is 0 Å². The first-order valence-corrected chi connectivity index (χ1v) is 10.0. The van der Waals surface area contributed by atoms with Crippen molar-refractivity contribution in [2.75, 3.05) is 31.1 Å². The van der Waals surface area contributed by atoms with Crippen LogP contribution in [0.4, 0.5) is 5.69 Å². The number of hydrogen-bond acceptors (Lipinski definition) is 5. The third kappa shape index (κ3) is 3.45. The van der Waals surface area contributed by atoms with Crippen LogP contribution in [0.25, 0.3) is 10.2 Å². The molecule has 2 heterocycles. The molecule has 134 valence electrons. The minimum Gasteiger partial charge on any atom is -0.369 e. The molecule has 1 aromatic heterocycles. The summed E-state index contributed by atoms with van der Waals surface area (Å²) in [5.41, 5.74) is 3.18. The van der Waals surface area contributed by atoms with Gasteiger partial charge in [0.25, 0.3) is 0 Å². The molecule has 4 rings (SSSR count). The molecule has 4 nitrogen and oxygen atoms in total. The van der Waals surface area contributed by atoms with Crippen LogP contribution in [0.2, 0.25) is 0 Å². The van der Waals surface area contributed by atoms with E-state index in [0.29, 0.717) is 0 Å². The lowest BCUT2D eigenvalue weighted by molar-refractivity contribution is 0.101. The highest BCUT2D eigenvalue weighted by Gasteiger charge is 2.18. The molecule has 26 heavy (non-hydrogen) atoms. The molecule has 0 aliphatic carbocycles. The van der Waals surface area contributed by atoms with Crippen molar-refractivity contribution < 1.29 is 4.79 Å². The van der Waals surface area contributed by atoms with Crippen LogP contribution >= 0.6 is 23.6 Å². The molecule has 0 saturated carbocycles. The van der Waals surface area contributed by atoms with E-state index in [4.69, 9.17) is 12.2 Å². The molecule has 0 spiro atoms. The predicted octanol–water partition coefficient (Wildman–Crippen LogP) is 4.41. The monoisotopic (exact) mass is 383 g/mol. The Morgan fingerprint density at radius 3 is 2.42 bits per heavy atom. The number of carbonyl (C=O) groups is 1. The number of benzene rings is 2. The van der Waals surface area contributed by atoms with Gasteiger partial charge in [0.1, 0.15) is 0 Å². The summed E-state index contributed by atoms with van der Waals surface area (Å²) in [6.45, 7) is 6.41. The van der Waals surface area contributed by atoms with Gasteiger partial charge in [-0.1, -0.05) is 12.1 Å². The molecule has 0 radical (unpaired) electrons. The van der Waals surface area contributed by atoms with Gasteiger partial charge in [0.05, 0.1) is 16.9 Å². The van der Waals surface area contributed by atoms with Crippen molar-refractivity contribution in [3.8, 4) is 0 Å². The van der Waals surface area contributed by atoms with E-state index in [1.54, 1.807) is 18.3 Å². The summed E-state index contributed by atoms with van der Waals surface area (Å²) in [5, 5.41) is 0. The summed E-state index contributed by atoms with van der Waals surface area (Å²) >= 11 is 7.25. The summed E-state index contributed by atoms with van der Waals surface area (Å²) in [5.74, 6) is 0.112. The number of nitrogens with zero attached hydrogens (tertiary/aromatic N) is 3. The van der Waals surface area contributed by atoms with Gasteiger partial charge < -0.3 is 9.47 Å². The van der Waals surface area contributed by atoms with Gasteiger partial charge in [-0.2, -0.15) is 0 Å². The molecule has 6 heteroatoms. The highest BCUT2D eigenvalue weighted by atomic mass is 32.1. The first kappa shape index (κ1) is 17.4. The van der Waals surface area contributed by atoms with Crippen LogP contribution in [0.1, 0.15) is 17.3 Å². The van der Waals surface area contributed by atoms with E-state index < -0.39 is 0 Å². The van der Waals surface area contributed by atoms with Gasteiger partial charge in [-0.3, -0.25) is 9.69 Å². The quantitative estimate of drug-likeness (QED) is 0.493. The third-order valence-electron chi connectivity index (χ3n) is 4.93. The second kappa shape index (κ2) is 7.31. The van der Waals surface area contributed by atoms with E-state index >= 15 is 0 Å². The Morgan fingerprint density at radius 1 is 1.04 bits per heavy atom. The molecule has 0 atom stereocenters. The first-order chi connectivity index (χ1) is 12.6. The maximum atomic E-state index is 11.4. The van der Waals surface area contributed by atoms with E-state index in [9.17, 15) is 4.79 Å². The Labute approximate surface area is 162 Å². The van der Waals surface area contributed by atoms with Crippen LogP contribution in [0.15, 0.2) is 48.5 Å². The minimum atomic E-state index is 0.112. The average molecular weight is 384 g/mol. The van der Waals surface area contributed by atoms with E-state index in [1.165, 1.54) is 15.9 Å². The Bertz CT molecular complexity index is 982. The van der Waals surface area contributed by atoms with E-state index in [0.717, 1.165) is 42.4 Å². The zero-order valence-corrected chi connectivity index (χ0v) is 16.4. The first-order valence-electron chi connectivity index (χ1n) is 8.78. The topological polar surface area (TPSA) is 28.5 Å². The Balaban J connectivity index is 1.42. The number of Topliss-reactive ketones (excluding diaryl/α,β-unsaturated/α-hetero) is 1. The Morgan fingerprint density at radius 2 is 1.73 bits per heavy atom. The van der Waals surface area contributed by atoms with Gasteiger partial charge in [0, 0.05) is 37.4 Å². The molecule has 0 N–H and O–H groups in total. The van der Waals surface area contributed by atoms with Gasteiger partial charge >= 0.3 is 0 Å². The van der Waals surface area contributed by atoms with Crippen molar-refractivity contribution in [3.05, 3.63) is 58.0 Å². The lowest BCUT2D eigenvalue weighted by Gasteiger charge is -2.36. The van der Waals surface area contributed by atoms with Crippen molar-refractivity contribution in [3.63, 3.8) is 0 Å². The van der Waals surface area contributed by atoms with Crippen LogP contribution in [0.3, 0.4) is 0 Å². The number of fused-ring (bicyclic) bond motifs is 1. The SMILES string of the molecule is CC(=O)c1ccc(N2CCN(Cn3c(=S)sc4ccccc43)CC2)cc1. The summed E-state index contributed by atoms with van der Waals surface area (Å²) in [4.78, 5) is 16.3. The van der Waals surface area contributed by atoms with Crippen LogP contribution in [0, 0.1) is 3.95 Å². The number of hydrogen-bond donors (Lipinski definition) is 0. The van der Waals surface area contributed by atoms with E-state index in [1.807, 2.05) is 12.1 Å². The number of aromatic nitrogens is 1. The molecule has 1 fully saturated rings.